The summed E-state index contributed by atoms with van der Waals surface area (Å²) in [5.74, 6) is 0.692. The second kappa shape index (κ2) is 2.33. The topological polar surface area (TPSA) is 41.1 Å². The third kappa shape index (κ3) is 1.12. The normalized spacial score (nSPS) is 33.0. The van der Waals surface area contributed by atoms with Crippen LogP contribution in [0.3, 0.4) is 0 Å². The maximum Gasteiger partial charge on any atom is 0.230 e. The lowest BCUT2D eigenvalue weighted by Gasteiger charge is -2.28. The first kappa shape index (κ1) is 7.12. The van der Waals surface area contributed by atoms with E-state index in [0.29, 0.717) is 5.82 Å². The van der Waals surface area contributed by atoms with Gasteiger partial charge in [-0.2, -0.15) is 0 Å². The first-order valence-corrected chi connectivity index (χ1v) is 3.37. The quantitative estimate of drug-likeness (QED) is 0.504. The SMILES string of the molecule is C=C1NC(=O)C(C)C(C)N1. The highest BCUT2D eigenvalue weighted by atomic mass is 16.2. The molecule has 0 saturated carbocycles. The van der Waals surface area contributed by atoms with Gasteiger partial charge in [-0.25, -0.2) is 0 Å². The van der Waals surface area contributed by atoms with Crippen LogP contribution >= 0.6 is 0 Å². The molecule has 0 aromatic rings. The molecule has 1 rings (SSSR count). The molecule has 1 saturated heterocycles. The molecule has 2 unspecified atom stereocenters. The van der Waals surface area contributed by atoms with E-state index in [4.69, 9.17) is 0 Å². The van der Waals surface area contributed by atoms with Crippen LogP contribution in [-0.2, 0) is 4.79 Å². The molecule has 56 valence electrons. The lowest BCUT2D eigenvalue weighted by Crippen LogP contribution is -2.50. The smallest absolute Gasteiger partial charge is 0.230 e. The molecule has 0 bridgehead atoms. The van der Waals surface area contributed by atoms with Gasteiger partial charge < -0.3 is 10.6 Å². The average Bonchev–Trinajstić information content (AvgIpc) is 1.82. The van der Waals surface area contributed by atoms with Gasteiger partial charge in [-0.1, -0.05) is 13.5 Å². The highest BCUT2D eigenvalue weighted by Gasteiger charge is 2.25. The fourth-order valence-electron chi connectivity index (χ4n) is 0.926. The number of carbonyl (C=O) groups is 1. The van der Waals surface area contributed by atoms with Crippen LogP contribution in [0.2, 0.25) is 0 Å². The molecule has 1 aliphatic rings. The molecule has 1 fully saturated rings. The summed E-state index contributed by atoms with van der Waals surface area (Å²) >= 11 is 0. The van der Waals surface area contributed by atoms with Crippen molar-refractivity contribution in [2.75, 3.05) is 0 Å². The monoisotopic (exact) mass is 140 g/mol. The maximum absolute atomic E-state index is 11.0. The lowest BCUT2D eigenvalue weighted by atomic mass is 10.0. The molecule has 3 nitrogen and oxygen atoms in total. The Morgan fingerprint density at radius 1 is 1.50 bits per heavy atom. The van der Waals surface area contributed by atoms with Gasteiger partial charge in [-0.15, -0.1) is 0 Å². The van der Waals surface area contributed by atoms with Gasteiger partial charge in [0.25, 0.3) is 0 Å². The molecule has 2 N–H and O–H groups in total. The van der Waals surface area contributed by atoms with Crippen LogP contribution in [0, 0.1) is 5.92 Å². The summed E-state index contributed by atoms with van der Waals surface area (Å²) in [5, 5.41) is 5.65. The molecule has 1 amide bonds. The molecule has 0 aromatic carbocycles. The molecular weight excluding hydrogens is 128 g/mol. The fourth-order valence-corrected chi connectivity index (χ4v) is 0.926. The van der Waals surface area contributed by atoms with Crippen molar-refractivity contribution in [3.63, 3.8) is 0 Å². The molecule has 0 radical (unpaired) electrons. The average molecular weight is 140 g/mol. The zero-order chi connectivity index (χ0) is 7.72. The summed E-state index contributed by atoms with van der Waals surface area (Å²) < 4.78 is 0. The Kier molecular flexibility index (Phi) is 1.66. The van der Waals surface area contributed by atoms with Crippen LogP contribution < -0.4 is 10.6 Å². The van der Waals surface area contributed by atoms with Gasteiger partial charge in [0, 0.05) is 6.04 Å². The van der Waals surface area contributed by atoms with E-state index in [1.165, 1.54) is 0 Å². The number of amides is 1. The van der Waals surface area contributed by atoms with Crippen LogP contribution in [0.25, 0.3) is 0 Å². The molecule has 3 heteroatoms. The summed E-state index contributed by atoms with van der Waals surface area (Å²) in [7, 11) is 0. The molecule has 0 aliphatic carbocycles. The highest BCUT2D eigenvalue weighted by molar-refractivity contribution is 5.81. The van der Waals surface area contributed by atoms with Crippen molar-refractivity contribution in [3.05, 3.63) is 12.4 Å². The highest BCUT2D eigenvalue weighted by Crippen LogP contribution is 2.08. The van der Waals surface area contributed by atoms with E-state index in [1.807, 2.05) is 13.8 Å². The molecule has 1 aliphatic heterocycles. The molecule has 2 atom stereocenters. The number of hydrogen-bond donors (Lipinski definition) is 2. The Morgan fingerprint density at radius 3 is 2.60 bits per heavy atom. The number of rotatable bonds is 0. The van der Waals surface area contributed by atoms with Gasteiger partial charge in [0.1, 0.15) is 0 Å². The van der Waals surface area contributed by atoms with Gasteiger partial charge in [0.2, 0.25) is 5.91 Å². The van der Waals surface area contributed by atoms with E-state index in [0.717, 1.165) is 0 Å². The zero-order valence-corrected chi connectivity index (χ0v) is 6.27. The van der Waals surface area contributed by atoms with E-state index in [1.54, 1.807) is 0 Å². The summed E-state index contributed by atoms with van der Waals surface area (Å²) in [6, 6.07) is 0.196. The van der Waals surface area contributed by atoms with E-state index in [-0.39, 0.29) is 17.9 Å². The summed E-state index contributed by atoms with van der Waals surface area (Å²) in [4.78, 5) is 11.0. The van der Waals surface area contributed by atoms with Crippen molar-refractivity contribution in [1.29, 1.82) is 0 Å². The van der Waals surface area contributed by atoms with Gasteiger partial charge >= 0.3 is 0 Å². The third-order valence-corrected chi connectivity index (χ3v) is 1.84. The summed E-state index contributed by atoms with van der Waals surface area (Å²) in [6.45, 7) is 7.46. The van der Waals surface area contributed by atoms with Crippen molar-refractivity contribution in [2.45, 2.75) is 19.9 Å². The largest absolute Gasteiger partial charge is 0.369 e. The molecule has 0 spiro atoms. The van der Waals surface area contributed by atoms with Gasteiger partial charge in [0.05, 0.1) is 11.7 Å². The van der Waals surface area contributed by atoms with Gasteiger partial charge in [0.15, 0.2) is 0 Å². The lowest BCUT2D eigenvalue weighted by molar-refractivity contribution is -0.125. The maximum atomic E-state index is 11.0. The summed E-state index contributed by atoms with van der Waals surface area (Å²) in [5.41, 5.74) is 0. The Balaban J connectivity index is 2.66. The molecule has 0 aromatic heterocycles. The Morgan fingerprint density at radius 2 is 2.10 bits per heavy atom. The van der Waals surface area contributed by atoms with Crippen LogP contribution in [0.4, 0.5) is 0 Å². The fraction of sp³-hybridized carbons (Fsp3) is 0.571. The predicted molar refractivity (Wildman–Crippen MR) is 39.0 cm³/mol. The van der Waals surface area contributed by atoms with Crippen molar-refractivity contribution >= 4 is 5.91 Å². The van der Waals surface area contributed by atoms with Crippen LogP contribution in [0.15, 0.2) is 12.4 Å². The molecule has 10 heavy (non-hydrogen) atoms. The standard InChI is InChI=1S/C7H12N2O/c1-4-5(2)8-6(3)9-7(4)10/h4-5,8H,3H2,1-2H3,(H,9,10). The zero-order valence-electron chi connectivity index (χ0n) is 6.27. The van der Waals surface area contributed by atoms with Crippen LogP contribution in [0.5, 0.6) is 0 Å². The van der Waals surface area contributed by atoms with E-state index in [2.05, 4.69) is 17.2 Å². The van der Waals surface area contributed by atoms with Gasteiger partial charge in [-0.05, 0) is 6.92 Å². The van der Waals surface area contributed by atoms with E-state index < -0.39 is 0 Å². The minimum atomic E-state index is 0.0329. The van der Waals surface area contributed by atoms with Crippen molar-refractivity contribution in [1.82, 2.24) is 10.6 Å². The number of carbonyl (C=O) groups excluding carboxylic acids is 1. The Labute approximate surface area is 60.5 Å². The first-order valence-electron chi connectivity index (χ1n) is 3.37. The minimum absolute atomic E-state index is 0.0329. The molecule has 1 heterocycles. The van der Waals surface area contributed by atoms with Crippen LogP contribution in [0.1, 0.15) is 13.8 Å². The molecular formula is C7H12N2O. The minimum Gasteiger partial charge on any atom is -0.369 e. The Bertz CT molecular complexity index is 176. The summed E-state index contributed by atoms with van der Waals surface area (Å²) in [6.07, 6.45) is 0. The van der Waals surface area contributed by atoms with Crippen molar-refractivity contribution in [2.24, 2.45) is 5.92 Å². The van der Waals surface area contributed by atoms with Crippen LogP contribution in [-0.4, -0.2) is 11.9 Å². The van der Waals surface area contributed by atoms with E-state index >= 15 is 0 Å². The van der Waals surface area contributed by atoms with Gasteiger partial charge in [-0.3, -0.25) is 4.79 Å². The van der Waals surface area contributed by atoms with Crippen molar-refractivity contribution in [3.8, 4) is 0 Å². The second-order valence-corrected chi connectivity index (χ2v) is 2.69. The Hall–Kier alpha value is -0.990. The number of nitrogens with one attached hydrogen (secondary N) is 2. The van der Waals surface area contributed by atoms with Crippen molar-refractivity contribution < 1.29 is 4.79 Å². The number of hydrogen-bond acceptors (Lipinski definition) is 2. The second-order valence-electron chi connectivity index (χ2n) is 2.69. The third-order valence-electron chi connectivity index (χ3n) is 1.84. The first-order chi connectivity index (χ1) is 4.61. The van der Waals surface area contributed by atoms with E-state index in [9.17, 15) is 4.79 Å². The predicted octanol–water partition coefficient (Wildman–Crippen LogP) is 0.202.